The third-order valence-electron chi connectivity index (χ3n) is 2.92. The molecular weight excluding hydrogens is 230 g/mol. The molecule has 1 aliphatic carbocycles. The fraction of sp³-hybridized carbons (Fsp3) is 0.800. The molecule has 1 aliphatic rings. The van der Waals surface area contributed by atoms with Gasteiger partial charge in [0.1, 0.15) is 5.88 Å². The Hall–Kier alpha value is -0.810. The van der Waals surface area contributed by atoms with Crippen molar-refractivity contribution in [2.24, 2.45) is 0 Å². The van der Waals surface area contributed by atoms with E-state index in [-0.39, 0.29) is 12.5 Å². The summed E-state index contributed by atoms with van der Waals surface area (Å²) in [5, 5.41) is 16.9. The molecule has 0 unspecified atom stereocenters. The van der Waals surface area contributed by atoms with Crippen molar-refractivity contribution in [3.8, 4) is 0 Å². The molecule has 1 aromatic heterocycles. The van der Waals surface area contributed by atoms with Crippen molar-refractivity contribution in [3.63, 3.8) is 0 Å². The number of aliphatic hydroxyl groups excluding tert-OH is 1. The summed E-state index contributed by atoms with van der Waals surface area (Å²) < 4.78 is 5.42. The second-order valence-electron chi connectivity index (χ2n) is 3.97. The Morgan fingerprint density at radius 2 is 2.12 bits per heavy atom. The van der Waals surface area contributed by atoms with Gasteiger partial charge in [0.05, 0.1) is 6.61 Å². The maximum Gasteiger partial charge on any atom is 0.318 e. The summed E-state index contributed by atoms with van der Waals surface area (Å²) in [4.78, 5) is 2.00. The van der Waals surface area contributed by atoms with Crippen molar-refractivity contribution in [2.45, 2.75) is 37.6 Å². The minimum Gasteiger partial charge on any atom is -0.407 e. The monoisotopic (exact) mass is 245 g/mol. The van der Waals surface area contributed by atoms with E-state index in [0.717, 1.165) is 12.8 Å². The van der Waals surface area contributed by atoms with Gasteiger partial charge in [-0.3, -0.25) is 0 Å². The standard InChI is InChI=1S/C10H16ClN3O2/c11-7-9-12-13-10(16-9)14(5-6-15)8-3-1-2-4-8/h8,15H,1-7H2. The van der Waals surface area contributed by atoms with Crippen LogP contribution in [-0.4, -0.2) is 34.5 Å². The van der Waals surface area contributed by atoms with E-state index in [1.165, 1.54) is 12.8 Å². The first kappa shape index (κ1) is 11.7. The lowest BCUT2D eigenvalue weighted by molar-refractivity contribution is 0.292. The van der Waals surface area contributed by atoms with Gasteiger partial charge >= 0.3 is 6.01 Å². The minimum absolute atomic E-state index is 0.0923. The number of nitrogens with zero attached hydrogens (tertiary/aromatic N) is 3. The SMILES string of the molecule is OCCN(c1nnc(CCl)o1)C1CCCC1. The van der Waals surface area contributed by atoms with E-state index in [2.05, 4.69) is 10.2 Å². The molecule has 6 heteroatoms. The molecule has 1 saturated carbocycles. The van der Waals surface area contributed by atoms with Crippen LogP contribution < -0.4 is 4.90 Å². The summed E-state index contributed by atoms with van der Waals surface area (Å²) >= 11 is 5.62. The van der Waals surface area contributed by atoms with Gasteiger partial charge in [-0.2, -0.15) is 0 Å². The molecule has 0 radical (unpaired) electrons. The Labute approximate surface area is 99.4 Å². The maximum atomic E-state index is 9.06. The number of alkyl halides is 1. The van der Waals surface area contributed by atoms with E-state index >= 15 is 0 Å². The van der Waals surface area contributed by atoms with E-state index in [0.29, 0.717) is 24.5 Å². The van der Waals surface area contributed by atoms with Gasteiger partial charge < -0.3 is 14.4 Å². The van der Waals surface area contributed by atoms with Gasteiger partial charge in [0.15, 0.2) is 0 Å². The Kier molecular flexibility index (Phi) is 4.01. The van der Waals surface area contributed by atoms with Crippen LogP contribution in [0.3, 0.4) is 0 Å². The van der Waals surface area contributed by atoms with Crippen LogP contribution >= 0.6 is 11.6 Å². The molecule has 0 amide bonds. The van der Waals surface area contributed by atoms with Gasteiger partial charge in [0.2, 0.25) is 5.89 Å². The first-order valence-electron chi connectivity index (χ1n) is 5.61. The summed E-state index contributed by atoms with van der Waals surface area (Å²) in [5.41, 5.74) is 0. The zero-order valence-electron chi connectivity index (χ0n) is 9.10. The van der Waals surface area contributed by atoms with E-state index in [9.17, 15) is 0 Å². The van der Waals surface area contributed by atoms with Gasteiger partial charge in [0, 0.05) is 12.6 Å². The molecule has 0 bridgehead atoms. The summed E-state index contributed by atoms with van der Waals surface area (Å²) in [6, 6.07) is 0.896. The average Bonchev–Trinajstić information content (AvgIpc) is 2.97. The van der Waals surface area contributed by atoms with Crippen molar-refractivity contribution in [1.82, 2.24) is 10.2 Å². The predicted octanol–water partition coefficient (Wildman–Crippen LogP) is 1.55. The second-order valence-corrected chi connectivity index (χ2v) is 4.23. The molecule has 0 atom stereocenters. The van der Waals surface area contributed by atoms with E-state index in [4.69, 9.17) is 21.1 Å². The fourth-order valence-corrected chi connectivity index (χ4v) is 2.28. The molecule has 16 heavy (non-hydrogen) atoms. The number of aliphatic hydroxyl groups is 1. The molecule has 0 aromatic carbocycles. The highest BCUT2D eigenvalue weighted by Gasteiger charge is 2.26. The van der Waals surface area contributed by atoms with Crippen LogP contribution in [0.2, 0.25) is 0 Å². The van der Waals surface area contributed by atoms with Gasteiger partial charge in [-0.05, 0) is 12.8 Å². The number of anilines is 1. The van der Waals surface area contributed by atoms with Gasteiger partial charge in [-0.25, -0.2) is 0 Å². The second kappa shape index (κ2) is 5.50. The minimum atomic E-state index is 0.0923. The van der Waals surface area contributed by atoms with Crippen LogP contribution in [0.15, 0.2) is 4.42 Å². The third-order valence-corrected chi connectivity index (χ3v) is 3.15. The molecule has 0 spiro atoms. The summed E-state index contributed by atoms with van der Waals surface area (Å²) in [7, 11) is 0. The Bertz CT molecular complexity index is 326. The van der Waals surface area contributed by atoms with Crippen LogP contribution in [0.4, 0.5) is 6.01 Å². The average molecular weight is 246 g/mol. The summed E-state index contributed by atoms with van der Waals surface area (Å²) in [5.74, 6) is 0.655. The topological polar surface area (TPSA) is 62.4 Å². The first-order chi connectivity index (χ1) is 7.85. The number of rotatable bonds is 5. The zero-order chi connectivity index (χ0) is 11.4. The van der Waals surface area contributed by atoms with Crippen LogP contribution in [0.25, 0.3) is 0 Å². The normalized spacial score (nSPS) is 16.9. The summed E-state index contributed by atoms with van der Waals surface area (Å²) in [6.45, 7) is 0.629. The Morgan fingerprint density at radius 3 is 2.69 bits per heavy atom. The smallest absolute Gasteiger partial charge is 0.318 e. The lowest BCUT2D eigenvalue weighted by Crippen LogP contribution is -2.35. The molecule has 0 saturated heterocycles. The van der Waals surface area contributed by atoms with Crippen LogP contribution in [0, 0.1) is 0 Å². The van der Waals surface area contributed by atoms with Crippen molar-refractivity contribution in [1.29, 1.82) is 0 Å². The highest BCUT2D eigenvalue weighted by molar-refractivity contribution is 6.16. The van der Waals surface area contributed by atoms with E-state index in [1.54, 1.807) is 0 Å². The molecule has 1 fully saturated rings. The van der Waals surface area contributed by atoms with E-state index < -0.39 is 0 Å². The highest BCUT2D eigenvalue weighted by Crippen LogP contribution is 2.27. The quantitative estimate of drug-likeness (QED) is 0.798. The molecule has 0 aliphatic heterocycles. The molecule has 2 rings (SSSR count). The number of halogens is 1. The van der Waals surface area contributed by atoms with Crippen LogP contribution in [-0.2, 0) is 5.88 Å². The molecule has 90 valence electrons. The lowest BCUT2D eigenvalue weighted by Gasteiger charge is -2.25. The largest absolute Gasteiger partial charge is 0.407 e. The highest BCUT2D eigenvalue weighted by atomic mass is 35.5. The van der Waals surface area contributed by atoms with Crippen LogP contribution in [0.1, 0.15) is 31.6 Å². The third kappa shape index (κ3) is 2.47. The Morgan fingerprint density at radius 1 is 1.38 bits per heavy atom. The number of hydrogen-bond donors (Lipinski definition) is 1. The summed E-state index contributed by atoms with van der Waals surface area (Å²) in [6.07, 6.45) is 4.70. The maximum absolute atomic E-state index is 9.06. The number of aromatic nitrogens is 2. The van der Waals surface area contributed by atoms with Gasteiger partial charge in [-0.15, -0.1) is 16.7 Å². The van der Waals surface area contributed by atoms with E-state index in [1.807, 2.05) is 4.90 Å². The molecule has 1 aromatic rings. The van der Waals surface area contributed by atoms with Crippen molar-refractivity contribution in [2.75, 3.05) is 18.1 Å². The van der Waals surface area contributed by atoms with Crippen molar-refractivity contribution < 1.29 is 9.52 Å². The molecule has 5 nitrogen and oxygen atoms in total. The van der Waals surface area contributed by atoms with Crippen molar-refractivity contribution >= 4 is 17.6 Å². The fourth-order valence-electron chi connectivity index (χ4n) is 2.17. The van der Waals surface area contributed by atoms with Gasteiger partial charge in [0.25, 0.3) is 0 Å². The van der Waals surface area contributed by atoms with Crippen LogP contribution in [0.5, 0.6) is 0 Å². The van der Waals surface area contributed by atoms with Crippen molar-refractivity contribution in [3.05, 3.63) is 5.89 Å². The Balaban J connectivity index is 2.10. The molecule has 1 heterocycles. The number of hydrogen-bond acceptors (Lipinski definition) is 5. The first-order valence-corrected chi connectivity index (χ1v) is 6.14. The zero-order valence-corrected chi connectivity index (χ0v) is 9.86. The predicted molar refractivity (Wildman–Crippen MR) is 60.5 cm³/mol. The molecule has 1 N–H and O–H groups in total. The van der Waals surface area contributed by atoms with Gasteiger partial charge in [-0.1, -0.05) is 17.9 Å². The lowest BCUT2D eigenvalue weighted by atomic mass is 10.2. The molecular formula is C10H16ClN3O2.